The van der Waals surface area contributed by atoms with E-state index in [4.69, 9.17) is 0 Å². The largest absolute Gasteiger partial charge is 0.384 e. The second-order valence-electron chi connectivity index (χ2n) is 2.62. The van der Waals surface area contributed by atoms with Gasteiger partial charge >= 0.3 is 0 Å². The number of hydrogen-bond acceptors (Lipinski definition) is 2. The first-order chi connectivity index (χ1) is 5.24. The Bertz CT molecular complexity index is 243. The summed E-state index contributed by atoms with van der Waals surface area (Å²) in [7, 11) is 0. The zero-order chi connectivity index (χ0) is 8.27. The van der Waals surface area contributed by atoms with E-state index < -0.39 is 0 Å². The molecule has 1 N–H and O–H groups in total. The van der Waals surface area contributed by atoms with Gasteiger partial charge in [-0.05, 0) is 32.9 Å². The van der Waals surface area contributed by atoms with Crippen LogP contribution in [0.4, 0.5) is 5.69 Å². The number of aryl methyl sites for hydroxylation is 2. The van der Waals surface area contributed by atoms with Crippen molar-refractivity contribution < 1.29 is 0 Å². The molecule has 0 aliphatic heterocycles. The third-order valence-corrected chi connectivity index (χ3v) is 1.59. The van der Waals surface area contributed by atoms with E-state index in [1.54, 1.807) is 0 Å². The molecule has 0 spiro atoms. The smallest absolute Gasteiger partial charge is 0.0606 e. The van der Waals surface area contributed by atoms with Crippen molar-refractivity contribution in [3.05, 3.63) is 23.5 Å². The maximum Gasteiger partial charge on any atom is 0.0606 e. The lowest BCUT2D eigenvalue weighted by molar-refractivity contribution is 1.10. The summed E-state index contributed by atoms with van der Waals surface area (Å²) in [5.41, 5.74) is 3.29. The minimum Gasteiger partial charge on any atom is -0.384 e. The van der Waals surface area contributed by atoms with Gasteiger partial charge in [0, 0.05) is 12.2 Å². The van der Waals surface area contributed by atoms with Crippen molar-refractivity contribution in [2.45, 2.75) is 20.8 Å². The van der Waals surface area contributed by atoms with Gasteiger partial charge in [-0.3, -0.25) is 4.98 Å². The first-order valence-electron chi connectivity index (χ1n) is 3.92. The first-order valence-corrected chi connectivity index (χ1v) is 3.92. The van der Waals surface area contributed by atoms with Crippen LogP contribution in [-0.4, -0.2) is 11.5 Å². The van der Waals surface area contributed by atoms with Crippen molar-refractivity contribution >= 4 is 5.69 Å². The van der Waals surface area contributed by atoms with Crippen molar-refractivity contribution in [1.82, 2.24) is 4.98 Å². The highest BCUT2D eigenvalue weighted by molar-refractivity contribution is 5.47. The lowest BCUT2D eigenvalue weighted by Gasteiger charge is -2.05. The Hall–Kier alpha value is -1.05. The SMILES string of the molecule is CCNc1ccc(C)nc1C. The van der Waals surface area contributed by atoms with E-state index in [0.717, 1.165) is 23.6 Å². The molecule has 0 aliphatic rings. The second kappa shape index (κ2) is 3.37. The van der Waals surface area contributed by atoms with Crippen LogP contribution in [-0.2, 0) is 0 Å². The van der Waals surface area contributed by atoms with Gasteiger partial charge in [0.25, 0.3) is 0 Å². The first kappa shape index (κ1) is 8.05. The van der Waals surface area contributed by atoms with Crippen molar-refractivity contribution in [2.24, 2.45) is 0 Å². The molecule has 1 aromatic rings. The normalized spacial score (nSPS) is 9.73. The van der Waals surface area contributed by atoms with Gasteiger partial charge in [0.15, 0.2) is 0 Å². The summed E-state index contributed by atoms with van der Waals surface area (Å²) < 4.78 is 0. The number of pyridine rings is 1. The number of nitrogens with zero attached hydrogens (tertiary/aromatic N) is 1. The third kappa shape index (κ3) is 1.93. The molecule has 0 aliphatic carbocycles. The van der Waals surface area contributed by atoms with Crippen LogP contribution in [0.15, 0.2) is 12.1 Å². The zero-order valence-corrected chi connectivity index (χ0v) is 7.31. The minimum absolute atomic E-state index is 0.950. The van der Waals surface area contributed by atoms with Crippen molar-refractivity contribution in [3.63, 3.8) is 0 Å². The van der Waals surface area contributed by atoms with Gasteiger partial charge < -0.3 is 5.32 Å². The Morgan fingerprint density at radius 3 is 2.64 bits per heavy atom. The molecule has 0 unspecified atom stereocenters. The molecule has 0 saturated heterocycles. The molecule has 1 heterocycles. The van der Waals surface area contributed by atoms with Crippen molar-refractivity contribution in [1.29, 1.82) is 0 Å². The third-order valence-electron chi connectivity index (χ3n) is 1.59. The Kier molecular flexibility index (Phi) is 2.47. The molecule has 0 aromatic carbocycles. The lowest BCUT2D eigenvalue weighted by atomic mass is 10.3. The van der Waals surface area contributed by atoms with Crippen LogP contribution >= 0.6 is 0 Å². The van der Waals surface area contributed by atoms with Crippen LogP contribution in [0.2, 0.25) is 0 Å². The Morgan fingerprint density at radius 1 is 1.36 bits per heavy atom. The highest BCUT2D eigenvalue weighted by Crippen LogP contribution is 2.11. The maximum absolute atomic E-state index is 4.33. The van der Waals surface area contributed by atoms with Crippen LogP contribution in [0.1, 0.15) is 18.3 Å². The summed E-state index contributed by atoms with van der Waals surface area (Å²) in [6, 6.07) is 4.09. The molecule has 11 heavy (non-hydrogen) atoms. The van der Waals surface area contributed by atoms with Crippen LogP contribution in [0.5, 0.6) is 0 Å². The molecule has 0 saturated carbocycles. The average Bonchev–Trinajstić information content (AvgIpc) is 1.95. The van der Waals surface area contributed by atoms with Gasteiger partial charge in [0.1, 0.15) is 0 Å². The zero-order valence-electron chi connectivity index (χ0n) is 7.31. The summed E-state index contributed by atoms with van der Waals surface area (Å²) in [5, 5.41) is 3.24. The summed E-state index contributed by atoms with van der Waals surface area (Å²) in [6.45, 7) is 7.05. The quantitative estimate of drug-likeness (QED) is 0.698. The van der Waals surface area contributed by atoms with Crippen LogP contribution in [0.3, 0.4) is 0 Å². The number of nitrogens with one attached hydrogen (secondary N) is 1. The molecule has 1 rings (SSSR count). The number of anilines is 1. The van der Waals surface area contributed by atoms with Crippen molar-refractivity contribution in [2.75, 3.05) is 11.9 Å². The van der Waals surface area contributed by atoms with E-state index in [1.165, 1.54) is 0 Å². The average molecular weight is 150 g/mol. The number of aromatic nitrogens is 1. The Morgan fingerprint density at radius 2 is 2.09 bits per heavy atom. The van der Waals surface area contributed by atoms with E-state index in [-0.39, 0.29) is 0 Å². The molecular formula is C9H14N2. The van der Waals surface area contributed by atoms with Gasteiger partial charge in [-0.15, -0.1) is 0 Å². The van der Waals surface area contributed by atoms with E-state index >= 15 is 0 Å². The van der Waals surface area contributed by atoms with Crippen LogP contribution < -0.4 is 5.32 Å². The van der Waals surface area contributed by atoms with Gasteiger partial charge in [-0.2, -0.15) is 0 Å². The number of hydrogen-bond donors (Lipinski definition) is 1. The summed E-state index contributed by atoms with van der Waals surface area (Å²) in [4.78, 5) is 4.33. The van der Waals surface area contributed by atoms with Crippen molar-refractivity contribution in [3.8, 4) is 0 Å². The minimum atomic E-state index is 0.950. The molecule has 0 bridgehead atoms. The second-order valence-corrected chi connectivity index (χ2v) is 2.62. The Labute approximate surface area is 67.7 Å². The molecule has 60 valence electrons. The fourth-order valence-electron chi connectivity index (χ4n) is 1.06. The molecule has 0 atom stereocenters. The molecule has 0 radical (unpaired) electrons. The highest BCUT2D eigenvalue weighted by atomic mass is 14.9. The number of rotatable bonds is 2. The monoisotopic (exact) mass is 150 g/mol. The fraction of sp³-hybridized carbons (Fsp3) is 0.444. The molecule has 2 nitrogen and oxygen atoms in total. The van der Waals surface area contributed by atoms with E-state index in [1.807, 2.05) is 19.9 Å². The predicted octanol–water partition coefficient (Wildman–Crippen LogP) is 2.13. The van der Waals surface area contributed by atoms with E-state index in [2.05, 4.69) is 23.3 Å². The van der Waals surface area contributed by atoms with Crippen LogP contribution in [0.25, 0.3) is 0 Å². The highest BCUT2D eigenvalue weighted by Gasteiger charge is 1.95. The lowest BCUT2D eigenvalue weighted by Crippen LogP contribution is -2.00. The standard InChI is InChI=1S/C9H14N2/c1-4-10-9-6-5-7(2)11-8(9)3/h5-6,10H,4H2,1-3H3. The molecule has 1 aromatic heterocycles. The molecular weight excluding hydrogens is 136 g/mol. The predicted molar refractivity (Wildman–Crippen MR) is 47.9 cm³/mol. The molecule has 2 heteroatoms. The van der Waals surface area contributed by atoms with Crippen LogP contribution in [0, 0.1) is 13.8 Å². The summed E-state index contributed by atoms with van der Waals surface area (Å²) >= 11 is 0. The van der Waals surface area contributed by atoms with E-state index in [9.17, 15) is 0 Å². The topological polar surface area (TPSA) is 24.9 Å². The molecule has 0 fully saturated rings. The molecule has 0 amide bonds. The Balaban J connectivity index is 2.90. The van der Waals surface area contributed by atoms with Gasteiger partial charge in [0.05, 0.1) is 11.4 Å². The summed E-state index contributed by atoms with van der Waals surface area (Å²) in [6.07, 6.45) is 0. The van der Waals surface area contributed by atoms with Gasteiger partial charge in [0.2, 0.25) is 0 Å². The fourth-order valence-corrected chi connectivity index (χ4v) is 1.06. The maximum atomic E-state index is 4.33. The van der Waals surface area contributed by atoms with Gasteiger partial charge in [-0.25, -0.2) is 0 Å². The summed E-state index contributed by atoms with van der Waals surface area (Å²) in [5.74, 6) is 0. The van der Waals surface area contributed by atoms with E-state index in [0.29, 0.717) is 0 Å². The van der Waals surface area contributed by atoms with Gasteiger partial charge in [-0.1, -0.05) is 0 Å².